The van der Waals surface area contributed by atoms with Crippen LogP contribution in [-0.4, -0.2) is 103 Å². The lowest BCUT2D eigenvalue weighted by molar-refractivity contribution is -0.651. The number of halogens is 2. The summed E-state index contributed by atoms with van der Waals surface area (Å²) in [7, 11) is 0. The molecular weight excluding hydrogens is 627 g/mol. The maximum absolute atomic E-state index is 13.1. The highest BCUT2D eigenvalue weighted by Crippen LogP contribution is 2.21. The number of carbonyl (C=O) groups is 2. The van der Waals surface area contributed by atoms with E-state index in [2.05, 4.69) is 44.9 Å². The number of aromatic nitrogens is 6. The van der Waals surface area contributed by atoms with Gasteiger partial charge in [-0.3, -0.25) is 9.59 Å². The van der Waals surface area contributed by atoms with Crippen molar-refractivity contribution in [1.82, 2.24) is 39.8 Å². The fraction of sp³-hybridized carbons (Fsp3) is 0.438. The van der Waals surface area contributed by atoms with E-state index in [0.717, 1.165) is 74.6 Å². The molecule has 2 amide bonds. The summed E-state index contributed by atoms with van der Waals surface area (Å²) in [6, 6.07) is 12.2. The van der Waals surface area contributed by atoms with Crippen molar-refractivity contribution >= 4 is 11.8 Å². The molecule has 46 heavy (non-hydrogen) atoms. The molecule has 0 aliphatic carbocycles. The predicted molar refractivity (Wildman–Crippen MR) is 166 cm³/mol. The van der Waals surface area contributed by atoms with Crippen molar-refractivity contribution in [3.8, 4) is 11.4 Å². The Morgan fingerprint density at radius 2 is 1.00 bits per heavy atom. The summed E-state index contributed by atoms with van der Waals surface area (Å²) in [5.41, 5.74) is 4.94. The van der Waals surface area contributed by atoms with E-state index in [4.69, 9.17) is 0 Å². The van der Waals surface area contributed by atoms with Crippen molar-refractivity contribution in [2.75, 3.05) is 39.3 Å². The highest BCUT2D eigenvalue weighted by molar-refractivity contribution is 5.98. The van der Waals surface area contributed by atoms with Gasteiger partial charge < -0.3 is 45.2 Å². The fourth-order valence-corrected chi connectivity index (χ4v) is 5.80. The molecule has 2 aromatic heterocycles. The number of carbonyl (C=O) groups excluding carboxylic acids is 2. The molecular formula is C32H44Cl2N10O2. The molecule has 1 unspecified atom stereocenters. The first-order chi connectivity index (χ1) is 21.3. The molecule has 2 aromatic carbocycles. The average Bonchev–Trinajstić information content (AvgIpc) is 3.67. The van der Waals surface area contributed by atoms with Crippen LogP contribution in [0.4, 0.5) is 0 Å². The van der Waals surface area contributed by atoms with Crippen molar-refractivity contribution < 1.29 is 45.0 Å². The fourth-order valence-electron chi connectivity index (χ4n) is 5.80. The van der Waals surface area contributed by atoms with Crippen LogP contribution in [0.2, 0.25) is 0 Å². The molecule has 2 saturated heterocycles. The minimum Gasteiger partial charge on any atom is -1.00 e. The van der Waals surface area contributed by atoms with Crippen molar-refractivity contribution in [2.24, 2.45) is 0 Å². The molecule has 2 aliphatic rings. The molecule has 12 nitrogen and oxygen atoms in total. The van der Waals surface area contributed by atoms with Crippen LogP contribution in [0.5, 0.6) is 0 Å². The lowest BCUT2D eigenvalue weighted by Crippen LogP contribution is -3.00. The van der Waals surface area contributed by atoms with Gasteiger partial charge in [-0.05, 0) is 52.0 Å². The van der Waals surface area contributed by atoms with Gasteiger partial charge >= 0.3 is 0 Å². The maximum Gasteiger partial charge on any atom is 0.256 e. The number of nitrogens with two attached hydrogens (primary N) is 2. The van der Waals surface area contributed by atoms with E-state index >= 15 is 0 Å². The van der Waals surface area contributed by atoms with Crippen LogP contribution in [0.1, 0.15) is 58.5 Å². The van der Waals surface area contributed by atoms with Crippen LogP contribution in [0, 0.1) is 13.8 Å². The summed E-state index contributed by atoms with van der Waals surface area (Å²) < 4.78 is 0. The predicted octanol–water partition coefficient (Wildman–Crippen LogP) is -5.24. The monoisotopic (exact) mass is 670 g/mol. The molecule has 0 saturated carbocycles. The number of nitrogens with zero attached hydrogens (tertiary/aromatic N) is 8. The third-order valence-electron chi connectivity index (χ3n) is 8.34. The van der Waals surface area contributed by atoms with Gasteiger partial charge in [0.1, 0.15) is 0 Å². The number of amides is 2. The van der Waals surface area contributed by atoms with Crippen LogP contribution in [0.25, 0.3) is 11.4 Å². The summed E-state index contributed by atoms with van der Waals surface area (Å²) in [6.07, 6.45) is 8.53. The van der Waals surface area contributed by atoms with Gasteiger partial charge in [0.2, 0.25) is 0 Å². The van der Waals surface area contributed by atoms with Gasteiger partial charge in [-0.25, -0.2) is 0 Å². The molecule has 4 N–H and O–H groups in total. The Bertz CT molecular complexity index is 1430. The standard InChI is InChI=1S/2C16H21N5O.2ClH/c2*1-12-3-4-15(21-18-7-8-19-21)14(11-12)16(22)20-10-9-17-6-5-13(20)2;;/h2*3-4,7-8,11,13,17H,5-6,9-10H2,1-2H3;2*1H/t13-;;;/m1.../s1. The highest BCUT2D eigenvalue weighted by Gasteiger charge is 2.28. The SMILES string of the molecule is Cc1ccc(-n2nccn2)c(C(=O)N2CC[NH2+]CCC2C)c1.Cc1ccc(-n2nccn2)c(C(=O)N2CC[NH2+]CC[C@H]2C)c1.[Cl-].[Cl-]. The Hall–Kier alpha value is -3.84. The molecule has 0 bridgehead atoms. The Kier molecular flexibility index (Phi) is 13.7. The molecule has 0 radical (unpaired) electrons. The molecule has 2 fully saturated rings. The second-order valence-electron chi connectivity index (χ2n) is 11.7. The molecule has 2 atom stereocenters. The van der Waals surface area contributed by atoms with Crippen LogP contribution in [0.15, 0.2) is 61.2 Å². The Labute approximate surface area is 282 Å². The third kappa shape index (κ3) is 8.69. The molecule has 0 spiro atoms. The number of hydrogen-bond donors (Lipinski definition) is 2. The third-order valence-corrected chi connectivity index (χ3v) is 8.34. The van der Waals surface area contributed by atoms with E-state index in [1.165, 1.54) is 9.59 Å². The smallest absolute Gasteiger partial charge is 0.256 e. The summed E-state index contributed by atoms with van der Waals surface area (Å²) in [6.45, 7) is 13.9. The van der Waals surface area contributed by atoms with Gasteiger partial charge in [0.15, 0.2) is 0 Å². The Morgan fingerprint density at radius 3 is 1.37 bits per heavy atom. The molecule has 2 aliphatic heterocycles. The highest BCUT2D eigenvalue weighted by atomic mass is 35.5. The summed E-state index contributed by atoms with van der Waals surface area (Å²) in [4.78, 5) is 33.1. The van der Waals surface area contributed by atoms with E-state index in [-0.39, 0.29) is 48.7 Å². The first-order valence-corrected chi connectivity index (χ1v) is 15.5. The van der Waals surface area contributed by atoms with Crippen LogP contribution in [-0.2, 0) is 0 Å². The van der Waals surface area contributed by atoms with E-state index in [1.807, 2.05) is 60.0 Å². The summed E-state index contributed by atoms with van der Waals surface area (Å²) in [5, 5.41) is 21.2. The molecule has 6 rings (SSSR count). The quantitative estimate of drug-likeness (QED) is 0.223. The van der Waals surface area contributed by atoms with E-state index in [9.17, 15) is 9.59 Å². The summed E-state index contributed by atoms with van der Waals surface area (Å²) >= 11 is 0. The number of benzene rings is 2. The number of hydrogen-bond acceptors (Lipinski definition) is 6. The van der Waals surface area contributed by atoms with Gasteiger partial charge in [-0.2, -0.15) is 30.0 Å². The molecule has 14 heteroatoms. The van der Waals surface area contributed by atoms with Gasteiger partial charge in [0.05, 0.1) is 86.6 Å². The van der Waals surface area contributed by atoms with Gasteiger partial charge in [0, 0.05) is 24.9 Å². The first-order valence-electron chi connectivity index (χ1n) is 15.5. The zero-order chi connectivity index (χ0) is 31.1. The van der Waals surface area contributed by atoms with Gasteiger partial charge in [-0.15, -0.1) is 0 Å². The van der Waals surface area contributed by atoms with E-state index in [0.29, 0.717) is 11.1 Å². The zero-order valence-corrected chi connectivity index (χ0v) is 28.4. The largest absolute Gasteiger partial charge is 1.00 e. The first kappa shape index (κ1) is 36.6. The van der Waals surface area contributed by atoms with Crippen molar-refractivity contribution in [3.05, 3.63) is 83.4 Å². The van der Waals surface area contributed by atoms with Crippen molar-refractivity contribution in [2.45, 2.75) is 52.6 Å². The number of aryl methyl sites for hydroxylation is 2. The molecule has 4 heterocycles. The normalized spacial score (nSPS) is 18.2. The van der Waals surface area contributed by atoms with Crippen molar-refractivity contribution in [1.29, 1.82) is 0 Å². The number of quaternary nitrogens is 2. The van der Waals surface area contributed by atoms with Crippen LogP contribution >= 0.6 is 0 Å². The van der Waals surface area contributed by atoms with Crippen LogP contribution in [0.3, 0.4) is 0 Å². The zero-order valence-electron chi connectivity index (χ0n) is 26.9. The maximum atomic E-state index is 13.1. The summed E-state index contributed by atoms with van der Waals surface area (Å²) in [5.74, 6) is 0.137. The van der Waals surface area contributed by atoms with E-state index < -0.39 is 0 Å². The lowest BCUT2D eigenvalue weighted by atomic mass is 10.1. The molecule has 248 valence electrons. The van der Waals surface area contributed by atoms with Crippen LogP contribution < -0.4 is 35.4 Å². The minimum atomic E-state index is 0. The Balaban J connectivity index is 0.000000240. The van der Waals surface area contributed by atoms with Gasteiger partial charge in [-0.1, -0.05) is 23.3 Å². The van der Waals surface area contributed by atoms with Crippen molar-refractivity contribution in [3.63, 3.8) is 0 Å². The van der Waals surface area contributed by atoms with Gasteiger partial charge in [0.25, 0.3) is 11.8 Å². The van der Waals surface area contributed by atoms with E-state index in [1.54, 1.807) is 24.8 Å². The second-order valence-corrected chi connectivity index (χ2v) is 11.7. The average molecular weight is 672 g/mol. The molecule has 4 aromatic rings. The Morgan fingerprint density at radius 1 is 0.630 bits per heavy atom. The lowest BCUT2D eigenvalue weighted by Gasteiger charge is -2.26. The number of rotatable bonds is 4. The minimum absolute atomic E-state index is 0. The second kappa shape index (κ2) is 17.2. The topological polar surface area (TPSA) is 135 Å².